The molecule has 1 aromatic heterocycles. The van der Waals surface area contributed by atoms with Crippen molar-refractivity contribution >= 4 is 10.9 Å². The second-order valence-corrected chi connectivity index (χ2v) is 5.75. The first-order chi connectivity index (χ1) is 8.31. The number of hydrogen-bond acceptors (Lipinski definition) is 1. The number of nitrogens with zero attached hydrogens (tertiary/aromatic N) is 2. The zero-order valence-electron chi connectivity index (χ0n) is 10.3. The average molecular weight is 226 g/mol. The Morgan fingerprint density at radius 2 is 1.88 bits per heavy atom. The SMILES string of the molecule is CN1CC2Cc3cc4ccccc4n3CC2C1. The van der Waals surface area contributed by atoms with Gasteiger partial charge in [0.05, 0.1) is 0 Å². The molecule has 2 unspecified atom stereocenters. The lowest BCUT2D eigenvalue weighted by Crippen LogP contribution is -2.27. The van der Waals surface area contributed by atoms with E-state index in [0.29, 0.717) is 0 Å². The van der Waals surface area contributed by atoms with Gasteiger partial charge in [-0.3, -0.25) is 0 Å². The molecule has 0 bridgehead atoms. The summed E-state index contributed by atoms with van der Waals surface area (Å²) < 4.78 is 2.55. The van der Waals surface area contributed by atoms with E-state index in [4.69, 9.17) is 0 Å². The predicted molar refractivity (Wildman–Crippen MR) is 70.1 cm³/mol. The molecule has 0 saturated carbocycles. The van der Waals surface area contributed by atoms with Gasteiger partial charge in [0.25, 0.3) is 0 Å². The Bertz CT molecular complexity index is 569. The summed E-state index contributed by atoms with van der Waals surface area (Å²) in [6.07, 6.45) is 1.27. The second-order valence-electron chi connectivity index (χ2n) is 5.75. The van der Waals surface area contributed by atoms with Crippen LogP contribution in [0.15, 0.2) is 30.3 Å². The number of aromatic nitrogens is 1. The molecule has 2 heteroatoms. The highest BCUT2D eigenvalue weighted by Gasteiger charge is 2.35. The zero-order valence-corrected chi connectivity index (χ0v) is 10.3. The van der Waals surface area contributed by atoms with Crippen LogP contribution in [0.25, 0.3) is 10.9 Å². The minimum Gasteiger partial charge on any atom is -0.344 e. The molecule has 3 heterocycles. The molecule has 2 aliphatic rings. The van der Waals surface area contributed by atoms with Crippen LogP contribution in [0.5, 0.6) is 0 Å². The third-order valence-corrected chi connectivity index (χ3v) is 4.54. The van der Waals surface area contributed by atoms with Crippen LogP contribution in [-0.2, 0) is 13.0 Å². The summed E-state index contributed by atoms with van der Waals surface area (Å²) in [6.45, 7) is 3.78. The molecule has 0 amide bonds. The molecule has 2 atom stereocenters. The summed E-state index contributed by atoms with van der Waals surface area (Å²) in [5.74, 6) is 1.75. The van der Waals surface area contributed by atoms with Crippen molar-refractivity contribution in [2.75, 3.05) is 20.1 Å². The van der Waals surface area contributed by atoms with Crippen LogP contribution in [0.4, 0.5) is 0 Å². The topological polar surface area (TPSA) is 8.17 Å². The molecule has 2 nitrogen and oxygen atoms in total. The molecule has 88 valence electrons. The summed E-state index contributed by atoms with van der Waals surface area (Å²) in [5.41, 5.74) is 2.97. The number of benzene rings is 1. The van der Waals surface area contributed by atoms with E-state index in [-0.39, 0.29) is 0 Å². The van der Waals surface area contributed by atoms with Crippen LogP contribution in [0.2, 0.25) is 0 Å². The molecule has 0 aliphatic carbocycles. The zero-order chi connectivity index (χ0) is 11.4. The van der Waals surface area contributed by atoms with Gasteiger partial charge in [-0.1, -0.05) is 18.2 Å². The van der Waals surface area contributed by atoms with Gasteiger partial charge in [0, 0.05) is 30.8 Å². The molecule has 1 saturated heterocycles. The number of rotatable bonds is 0. The maximum absolute atomic E-state index is 2.55. The van der Waals surface area contributed by atoms with Crippen LogP contribution < -0.4 is 0 Å². The fourth-order valence-electron chi connectivity index (χ4n) is 3.77. The largest absolute Gasteiger partial charge is 0.344 e. The van der Waals surface area contributed by atoms with Crippen molar-refractivity contribution in [3.05, 3.63) is 36.0 Å². The fraction of sp³-hybridized carbons (Fsp3) is 0.467. The Labute approximate surface area is 102 Å². The second kappa shape index (κ2) is 3.36. The number of para-hydroxylation sites is 1. The van der Waals surface area contributed by atoms with Gasteiger partial charge < -0.3 is 9.47 Å². The highest BCUT2D eigenvalue weighted by Crippen LogP contribution is 2.35. The Morgan fingerprint density at radius 1 is 1.06 bits per heavy atom. The van der Waals surface area contributed by atoms with Crippen molar-refractivity contribution in [1.82, 2.24) is 9.47 Å². The maximum Gasteiger partial charge on any atom is 0.0482 e. The van der Waals surface area contributed by atoms with E-state index in [2.05, 4.69) is 46.8 Å². The van der Waals surface area contributed by atoms with Crippen LogP contribution in [-0.4, -0.2) is 29.6 Å². The molecule has 0 spiro atoms. The summed E-state index contributed by atoms with van der Waals surface area (Å²) in [6, 6.07) is 11.2. The highest BCUT2D eigenvalue weighted by molar-refractivity contribution is 5.81. The van der Waals surface area contributed by atoms with Crippen molar-refractivity contribution in [2.45, 2.75) is 13.0 Å². The Kier molecular flexibility index (Phi) is 1.92. The van der Waals surface area contributed by atoms with Crippen LogP contribution in [0, 0.1) is 11.8 Å². The lowest BCUT2D eigenvalue weighted by molar-refractivity contribution is 0.323. The highest BCUT2D eigenvalue weighted by atomic mass is 15.1. The van der Waals surface area contributed by atoms with Crippen LogP contribution >= 0.6 is 0 Å². The first kappa shape index (κ1) is 9.72. The van der Waals surface area contributed by atoms with E-state index < -0.39 is 0 Å². The van der Waals surface area contributed by atoms with E-state index in [1.807, 2.05) is 0 Å². The minimum absolute atomic E-state index is 0.864. The summed E-state index contributed by atoms with van der Waals surface area (Å²) in [5, 5.41) is 1.41. The van der Waals surface area contributed by atoms with E-state index in [1.165, 1.54) is 37.0 Å². The third kappa shape index (κ3) is 1.37. The molecule has 1 fully saturated rings. The van der Waals surface area contributed by atoms with E-state index in [1.54, 1.807) is 5.69 Å². The molecular formula is C15H18N2. The number of likely N-dealkylation sites (tertiary alicyclic amines) is 1. The lowest BCUT2D eigenvalue weighted by atomic mass is 9.88. The molecule has 1 aromatic carbocycles. The summed E-state index contributed by atoms with van der Waals surface area (Å²) >= 11 is 0. The maximum atomic E-state index is 2.55. The molecule has 4 rings (SSSR count). The van der Waals surface area contributed by atoms with Gasteiger partial charge in [-0.25, -0.2) is 0 Å². The normalized spacial score (nSPS) is 28.3. The van der Waals surface area contributed by atoms with Gasteiger partial charge in [0.1, 0.15) is 0 Å². The van der Waals surface area contributed by atoms with Gasteiger partial charge >= 0.3 is 0 Å². The third-order valence-electron chi connectivity index (χ3n) is 4.54. The monoisotopic (exact) mass is 226 g/mol. The first-order valence-corrected chi connectivity index (χ1v) is 6.57. The Morgan fingerprint density at radius 3 is 2.82 bits per heavy atom. The van der Waals surface area contributed by atoms with Crippen molar-refractivity contribution in [2.24, 2.45) is 11.8 Å². The van der Waals surface area contributed by atoms with Crippen molar-refractivity contribution in [3.63, 3.8) is 0 Å². The summed E-state index contributed by atoms with van der Waals surface area (Å²) in [7, 11) is 2.26. The number of fused-ring (bicyclic) bond motifs is 4. The van der Waals surface area contributed by atoms with Crippen molar-refractivity contribution in [1.29, 1.82) is 0 Å². The van der Waals surface area contributed by atoms with Crippen molar-refractivity contribution < 1.29 is 0 Å². The van der Waals surface area contributed by atoms with Crippen LogP contribution in [0.1, 0.15) is 5.69 Å². The molecule has 17 heavy (non-hydrogen) atoms. The van der Waals surface area contributed by atoms with Gasteiger partial charge in [-0.2, -0.15) is 0 Å². The quantitative estimate of drug-likeness (QED) is 0.669. The van der Waals surface area contributed by atoms with Crippen LogP contribution in [0.3, 0.4) is 0 Å². The standard InChI is InChI=1S/C15H18N2/c1-16-8-12-7-14-6-11-4-2-3-5-15(11)17(14)10-13(12)9-16/h2-6,12-13H,7-10H2,1H3. The average Bonchev–Trinajstić information content (AvgIpc) is 2.84. The van der Waals surface area contributed by atoms with Gasteiger partial charge in [0.15, 0.2) is 0 Å². The molecule has 0 N–H and O–H groups in total. The lowest BCUT2D eigenvalue weighted by Gasteiger charge is -2.27. The first-order valence-electron chi connectivity index (χ1n) is 6.57. The van der Waals surface area contributed by atoms with E-state index in [9.17, 15) is 0 Å². The van der Waals surface area contributed by atoms with Crippen molar-refractivity contribution in [3.8, 4) is 0 Å². The van der Waals surface area contributed by atoms with E-state index >= 15 is 0 Å². The molecule has 2 aliphatic heterocycles. The smallest absolute Gasteiger partial charge is 0.0482 e. The van der Waals surface area contributed by atoms with Gasteiger partial charge in [0.2, 0.25) is 0 Å². The molecule has 2 aromatic rings. The molecule has 0 radical (unpaired) electrons. The Balaban J connectivity index is 1.82. The van der Waals surface area contributed by atoms with E-state index in [0.717, 1.165) is 11.8 Å². The fourth-order valence-corrected chi connectivity index (χ4v) is 3.77. The predicted octanol–water partition coefficient (Wildman–Crippen LogP) is 2.38. The minimum atomic E-state index is 0.864. The van der Waals surface area contributed by atoms with Gasteiger partial charge in [-0.15, -0.1) is 0 Å². The molecular weight excluding hydrogens is 208 g/mol. The summed E-state index contributed by atoms with van der Waals surface area (Å²) in [4.78, 5) is 2.49. The Hall–Kier alpha value is -1.28. The van der Waals surface area contributed by atoms with Gasteiger partial charge in [-0.05, 0) is 42.8 Å². The number of hydrogen-bond donors (Lipinski definition) is 0.